The van der Waals surface area contributed by atoms with Crippen LogP contribution in [0.25, 0.3) is 22.8 Å². The lowest BCUT2D eigenvalue weighted by Crippen LogP contribution is -2.19. The van der Waals surface area contributed by atoms with E-state index in [-0.39, 0.29) is 6.61 Å². The van der Waals surface area contributed by atoms with Gasteiger partial charge in [0.15, 0.2) is 6.61 Å². The van der Waals surface area contributed by atoms with Crippen molar-refractivity contribution < 1.29 is 23.5 Å². The second-order valence-corrected chi connectivity index (χ2v) is 5.27. The molecule has 3 aromatic rings. The number of ether oxygens (including phenoxy) is 3. The Balaban J connectivity index is 1.83. The minimum Gasteiger partial charge on any atom is -0.497 e. The standard InChI is InChI=1S/C18H17N3O5/c1-23-13-7-8-14(15(9-13)24-2)18-20-17(21-26-18)11-3-5-12(6-4-11)25-10-16(19)22/h3-9H,10H2,1-2H3,(H2,19,22). The number of methoxy groups -OCH3 is 2. The van der Waals surface area contributed by atoms with Crippen LogP contribution in [0.15, 0.2) is 47.0 Å². The van der Waals surface area contributed by atoms with Crippen LogP contribution in [0.4, 0.5) is 0 Å². The van der Waals surface area contributed by atoms with E-state index in [0.29, 0.717) is 34.5 Å². The molecule has 0 unspecified atom stereocenters. The summed E-state index contributed by atoms with van der Waals surface area (Å²) in [5, 5.41) is 4.00. The molecular weight excluding hydrogens is 338 g/mol. The number of carbonyl (C=O) groups excluding carboxylic acids is 1. The van der Waals surface area contributed by atoms with Crippen LogP contribution in [-0.2, 0) is 4.79 Å². The first-order valence-corrected chi connectivity index (χ1v) is 7.68. The summed E-state index contributed by atoms with van der Waals surface area (Å²) >= 11 is 0. The molecular formula is C18H17N3O5. The summed E-state index contributed by atoms with van der Waals surface area (Å²) in [6.45, 7) is -0.178. The van der Waals surface area contributed by atoms with Gasteiger partial charge >= 0.3 is 0 Å². The molecule has 2 N–H and O–H groups in total. The van der Waals surface area contributed by atoms with E-state index in [2.05, 4.69) is 10.1 Å². The molecule has 0 saturated carbocycles. The number of primary amides is 1. The van der Waals surface area contributed by atoms with Crippen molar-refractivity contribution >= 4 is 5.91 Å². The van der Waals surface area contributed by atoms with Crippen molar-refractivity contribution in [1.82, 2.24) is 10.1 Å². The molecule has 8 heteroatoms. The van der Waals surface area contributed by atoms with Gasteiger partial charge in [0, 0.05) is 11.6 Å². The Bertz CT molecular complexity index is 905. The maximum Gasteiger partial charge on any atom is 0.262 e. The molecule has 0 bridgehead atoms. The van der Waals surface area contributed by atoms with Crippen LogP contribution in [0, 0.1) is 0 Å². The van der Waals surface area contributed by atoms with E-state index >= 15 is 0 Å². The third-order valence-electron chi connectivity index (χ3n) is 3.56. The van der Waals surface area contributed by atoms with Crippen LogP contribution in [0.5, 0.6) is 17.2 Å². The van der Waals surface area contributed by atoms with Gasteiger partial charge in [-0.25, -0.2) is 0 Å². The van der Waals surface area contributed by atoms with Gasteiger partial charge in [-0.1, -0.05) is 5.16 Å². The number of amides is 1. The van der Waals surface area contributed by atoms with Crippen LogP contribution in [-0.4, -0.2) is 36.9 Å². The fraction of sp³-hybridized carbons (Fsp3) is 0.167. The van der Waals surface area contributed by atoms with Gasteiger partial charge in [-0.3, -0.25) is 4.79 Å². The molecule has 0 saturated heterocycles. The first-order valence-electron chi connectivity index (χ1n) is 7.68. The maximum atomic E-state index is 10.7. The summed E-state index contributed by atoms with van der Waals surface area (Å²) < 4.78 is 21.1. The van der Waals surface area contributed by atoms with E-state index < -0.39 is 5.91 Å². The van der Waals surface area contributed by atoms with E-state index in [4.69, 9.17) is 24.5 Å². The summed E-state index contributed by atoms with van der Waals surface area (Å²) in [6.07, 6.45) is 0. The fourth-order valence-corrected chi connectivity index (χ4v) is 2.28. The van der Waals surface area contributed by atoms with Gasteiger partial charge < -0.3 is 24.5 Å². The van der Waals surface area contributed by atoms with Crippen molar-refractivity contribution in [2.45, 2.75) is 0 Å². The maximum absolute atomic E-state index is 10.7. The third kappa shape index (κ3) is 3.75. The molecule has 134 valence electrons. The first kappa shape index (κ1) is 17.3. The highest BCUT2D eigenvalue weighted by Gasteiger charge is 2.15. The minimum atomic E-state index is -0.537. The number of rotatable bonds is 7. The summed E-state index contributed by atoms with van der Waals surface area (Å²) in [5.41, 5.74) is 6.44. The third-order valence-corrected chi connectivity index (χ3v) is 3.56. The quantitative estimate of drug-likeness (QED) is 0.692. The van der Waals surface area contributed by atoms with E-state index in [0.717, 1.165) is 5.56 Å². The smallest absolute Gasteiger partial charge is 0.262 e. The highest BCUT2D eigenvalue weighted by molar-refractivity contribution is 5.75. The van der Waals surface area contributed by atoms with Crippen molar-refractivity contribution in [2.75, 3.05) is 20.8 Å². The molecule has 1 heterocycles. The van der Waals surface area contributed by atoms with E-state index in [9.17, 15) is 4.79 Å². The lowest BCUT2D eigenvalue weighted by molar-refractivity contribution is -0.119. The molecule has 0 aliphatic rings. The van der Waals surface area contributed by atoms with E-state index in [1.165, 1.54) is 0 Å². The second kappa shape index (κ2) is 7.56. The van der Waals surface area contributed by atoms with Crippen LogP contribution < -0.4 is 19.9 Å². The van der Waals surface area contributed by atoms with Gasteiger partial charge in [-0.05, 0) is 36.4 Å². The van der Waals surface area contributed by atoms with Crippen molar-refractivity contribution in [3.63, 3.8) is 0 Å². The predicted octanol–water partition coefficient (Wildman–Crippen LogP) is 2.28. The first-order chi connectivity index (χ1) is 12.6. The van der Waals surface area contributed by atoms with Crippen LogP contribution in [0.1, 0.15) is 0 Å². The number of hydrogen-bond acceptors (Lipinski definition) is 7. The lowest BCUT2D eigenvalue weighted by Gasteiger charge is -2.06. The van der Waals surface area contributed by atoms with E-state index in [1.54, 1.807) is 56.7 Å². The molecule has 0 radical (unpaired) electrons. The SMILES string of the molecule is COc1ccc(-c2nc(-c3ccc(OCC(N)=O)cc3)no2)c(OC)c1. The molecule has 0 spiro atoms. The largest absolute Gasteiger partial charge is 0.497 e. The minimum absolute atomic E-state index is 0.178. The Hall–Kier alpha value is -3.55. The Morgan fingerprint density at radius 2 is 1.81 bits per heavy atom. The van der Waals surface area contributed by atoms with Crippen LogP contribution in [0.2, 0.25) is 0 Å². The van der Waals surface area contributed by atoms with Crippen LogP contribution in [0.3, 0.4) is 0 Å². The van der Waals surface area contributed by atoms with Gasteiger partial charge in [0.2, 0.25) is 5.82 Å². The van der Waals surface area contributed by atoms with Gasteiger partial charge in [-0.15, -0.1) is 0 Å². The zero-order valence-electron chi connectivity index (χ0n) is 14.3. The zero-order chi connectivity index (χ0) is 18.5. The molecule has 0 atom stereocenters. The molecule has 0 fully saturated rings. The number of hydrogen-bond donors (Lipinski definition) is 1. The molecule has 1 aromatic heterocycles. The molecule has 26 heavy (non-hydrogen) atoms. The summed E-state index contributed by atoms with van der Waals surface area (Å²) in [4.78, 5) is 15.1. The normalized spacial score (nSPS) is 10.4. The number of carbonyl (C=O) groups is 1. The van der Waals surface area contributed by atoms with Crippen molar-refractivity contribution in [2.24, 2.45) is 5.73 Å². The van der Waals surface area contributed by atoms with E-state index in [1.807, 2.05) is 0 Å². The molecule has 8 nitrogen and oxygen atoms in total. The van der Waals surface area contributed by atoms with Gasteiger partial charge in [0.05, 0.1) is 19.8 Å². The Morgan fingerprint density at radius 3 is 2.46 bits per heavy atom. The highest BCUT2D eigenvalue weighted by atomic mass is 16.5. The highest BCUT2D eigenvalue weighted by Crippen LogP contribution is 2.33. The Labute approximate surface area is 149 Å². The Kier molecular flexibility index (Phi) is 5.02. The average Bonchev–Trinajstić information content (AvgIpc) is 3.16. The molecule has 0 aliphatic heterocycles. The number of benzene rings is 2. The predicted molar refractivity (Wildman–Crippen MR) is 93.0 cm³/mol. The van der Waals surface area contributed by atoms with Crippen LogP contribution >= 0.6 is 0 Å². The molecule has 2 aromatic carbocycles. The second-order valence-electron chi connectivity index (χ2n) is 5.27. The van der Waals surface area contributed by atoms with Crippen molar-refractivity contribution in [1.29, 1.82) is 0 Å². The summed E-state index contributed by atoms with van der Waals surface area (Å²) in [5.74, 6) is 1.96. The molecule has 0 aliphatic carbocycles. The van der Waals surface area contributed by atoms with Crippen molar-refractivity contribution in [3.05, 3.63) is 42.5 Å². The zero-order valence-corrected chi connectivity index (χ0v) is 14.3. The number of nitrogens with zero attached hydrogens (tertiary/aromatic N) is 2. The molecule has 3 rings (SSSR count). The molecule has 1 amide bonds. The number of aromatic nitrogens is 2. The number of nitrogens with two attached hydrogens (primary N) is 1. The van der Waals surface area contributed by atoms with Gasteiger partial charge in [0.1, 0.15) is 17.2 Å². The monoisotopic (exact) mass is 355 g/mol. The topological polar surface area (TPSA) is 110 Å². The summed E-state index contributed by atoms with van der Waals surface area (Å²) in [7, 11) is 3.14. The van der Waals surface area contributed by atoms with Crippen molar-refractivity contribution in [3.8, 4) is 40.1 Å². The summed E-state index contributed by atoms with van der Waals surface area (Å²) in [6, 6.07) is 12.2. The average molecular weight is 355 g/mol. The van der Waals surface area contributed by atoms with Gasteiger partial charge in [-0.2, -0.15) is 4.98 Å². The lowest BCUT2D eigenvalue weighted by atomic mass is 10.2. The fourth-order valence-electron chi connectivity index (χ4n) is 2.28. The Morgan fingerprint density at radius 1 is 1.08 bits per heavy atom. The van der Waals surface area contributed by atoms with Gasteiger partial charge in [0.25, 0.3) is 11.8 Å².